The second-order valence-corrected chi connectivity index (χ2v) is 4.27. The Balaban J connectivity index is 2.23. The molecule has 80 valence electrons. The molecule has 1 aromatic carbocycles. The molecule has 2 nitrogen and oxygen atoms in total. The Labute approximate surface area is 90.1 Å². The van der Waals surface area contributed by atoms with Gasteiger partial charge in [-0.1, -0.05) is 11.6 Å². The van der Waals surface area contributed by atoms with Gasteiger partial charge in [-0.2, -0.15) is 0 Å². The number of hydrogen-bond donors (Lipinski definition) is 1. The first-order valence-corrected chi connectivity index (χ1v) is 5.40. The molecular weight excluding hydrogens is 186 g/mol. The zero-order chi connectivity index (χ0) is 10.8. The minimum atomic E-state index is 0.236. The van der Waals surface area contributed by atoms with E-state index < -0.39 is 0 Å². The molecule has 0 saturated carbocycles. The molecule has 1 aromatic heterocycles. The summed E-state index contributed by atoms with van der Waals surface area (Å²) in [5.74, 6) is 1.04. The van der Waals surface area contributed by atoms with Crippen LogP contribution < -0.4 is 5.73 Å². The topological polar surface area (TPSA) is 39.2 Å². The van der Waals surface area contributed by atoms with Gasteiger partial charge in [-0.15, -0.1) is 0 Å². The molecule has 0 bridgehead atoms. The number of nitrogens with two attached hydrogens (primary N) is 1. The molecule has 0 spiro atoms. The minimum Gasteiger partial charge on any atom is -0.461 e. The molecule has 2 N–H and O–H groups in total. The Morgan fingerprint density at radius 1 is 1.33 bits per heavy atom. The van der Waals surface area contributed by atoms with Crippen LogP contribution in [0, 0.1) is 6.92 Å². The summed E-state index contributed by atoms with van der Waals surface area (Å²) in [7, 11) is 0. The van der Waals surface area contributed by atoms with E-state index in [9.17, 15) is 0 Å². The number of hydrogen-bond acceptors (Lipinski definition) is 2. The highest BCUT2D eigenvalue weighted by molar-refractivity contribution is 5.78. The SMILES string of the molecule is Cc1ccc2oc(CCC(C)N)cc2c1. The third-order valence-electron chi connectivity index (χ3n) is 2.57. The van der Waals surface area contributed by atoms with Gasteiger partial charge in [-0.3, -0.25) is 0 Å². The fourth-order valence-electron chi connectivity index (χ4n) is 1.71. The predicted molar refractivity (Wildman–Crippen MR) is 62.9 cm³/mol. The highest BCUT2D eigenvalue weighted by atomic mass is 16.3. The van der Waals surface area contributed by atoms with Crippen LogP contribution in [0.4, 0.5) is 0 Å². The second kappa shape index (κ2) is 4.07. The van der Waals surface area contributed by atoms with E-state index in [0.29, 0.717) is 0 Å². The van der Waals surface area contributed by atoms with Gasteiger partial charge in [-0.05, 0) is 38.5 Å². The number of rotatable bonds is 3. The van der Waals surface area contributed by atoms with Crippen LogP contribution in [0.25, 0.3) is 11.0 Å². The fraction of sp³-hybridized carbons (Fsp3) is 0.385. The summed E-state index contributed by atoms with van der Waals surface area (Å²) in [5.41, 5.74) is 7.96. The maximum absolute atomic E-state index is 5.72. The van der Waals surface area contributed by atoms with E-state index in [4.69, 9.17) is 10.2 Å². The van der Waals surface area contributed by atoms with Crippen molar-refractivity contribution in [2.75, 3.05) is 0 Å². The number of fused-ring (bicyclic) bond motifs is 1. The first-order valence-electron chi connectivity index (χ1n) is 5.40. The molecule has 0 aliphatic heterocycles. The van der Waals surface area contributed by atoms with Crippen molar-refractivity contribution in [3.05, 3.63) is 35.6 Å². The van der Waals surface area contributed by atoms with Crippen molar-refractivity contribution in [1.29, 1.82) is 0 Å². The first-order chi connectivity index (χ1) is 7.15. The lowest BCUT2D eigenvalue weighted by molar-refractivity contribution is 0.522. The predicted octanol–water partition coefficient (Wildman–Crippen LogP) is 3.02. The van der Waals surface area contributed by atoms with Gasteiger partial charge in [0.25, 0.3) is 0 Å². The van der Waals surface area contributed by atoms with Gasteiger partial charge in [0.2, 0.25) is 0 Å². The highest BCUT2D eigenvalue weighted by Crippen LogP contribution is 2.21. The molecule has 0 aliphatic carbocycles. The van der Waals surface area contributed by atoms with Gasteiger partial charge < -0.3 is 10.2 Å². The van der Waals surface area contributed by atoms with E-state index in [0.717, 1.165) is 24.2 Å². The summed E-state index contributed by atoms with van der Waals surface area (Å²) in [6.07, 6.45) is 1.89. The van der Waals surface area contributed by atoms with Crippen LogP contribution >= 0.6 is 0 Å². The van der Waals surface area contributed by atoms with Crippen molar-refractivity contribution in [2.24, 2.45) is 5.73 Å². The zero-order valence-electron chi connectivity index (χ0n) is 9.29. The van der Waals surface area contributed by atoms with Gasteiger partial charge in [0.1, 0.15) is 11.3 Å². The van der Waals surface area contributed by atoms with E-state index in [-0.39, 0.29) is 6.04 Å². The van der Waals surface area contributed by atoms with E-state index in [1.165, 1.54) is 10.9 Å². The summed E-state index contributed by atoms with van der Waals surface area (Å²) in [6.45, 7) is 4.11. The smallest absolute Gasteiger partial charge is 0.134 e. The molecule has 0 radical (unpaired) electrons. The van der Waals surface area contributed by atoms with Gasteiger partial charge in [0.15, 0.2) is 0 Å². The van der Waals surface area contributed by atoms with Crippen LogP contribution in [0.2, 0.25) is 0 Å². The maximum atomic E-state index is 5.72. The quantitative estimate of drug-likeness (QED) is 0.832. The Kier molecular flexibility index (Phi) is 2.78. The van der Waals surface area contributed by atoms with Crippen molar-refractivity contribution in [1.82, 2.24) is 0 Å². The number of benzene rings is 1. The van der Waals surface area contributed by atoms with Gasteiger partial charge in [-0.25, -0.2) is 0 Å². The van der Waals surface area contributed by atoms with Crippen LogP contribution in [-0.4, -0.2) is 6.04 Å². The molecule has 1 unspecified atom stereocenters. The molecular formula is C13H17NO. The highest BCUT2D eigenvalue weighted by Gasteiger charge is 2.04. The number of furan rings is 1. The van der Waals surface area contributed by atoms with E-state index >= 15 is 0 Å². The third kappa shape index (κ3) is 2.39. The summed E-state index contributed by atoms with van der Waals surface area (Å²) in [5, 5.41) is 1.19. The molecule has 0 aliphatic rings. The number of aryl methyl sites for hydroxylation is 2. The standard InChI is InChI=1S/C13H17NO/c1-9-3-6-13-11(7-9)8-12(15-13)5-4-10(2)14/h3,6-8,10H,4-5,14H2,1-2H3. The maximum Gasteiger partial charge on any atom is 0.134 e. The molecule has 0 fully saturated rings. The van der Waals surface area contributed by atoms with Crippen LogP contribution in [0.5, 0.6) is 0 Å². The third-order valence-corrected chi connectivity index (χ3v) is 2.57. The van der Waals surface area contributed by atoms with E-state index in [1.54, 1.807) is 0 Å². The lowest BCUT2D eigenvalue weighted by Gasteiger charge is -2.00. The summed E-state index contributed by atoms with van der Waals surface area (Å²) >= 11 is 0. The van der Waals surface area contributed by atoms with Crippen molar-refractivity contribution >= 4 is 11.0 Å². The summed E-state index contributed by atoms with van der Waals surface area (Å²) in [6, 6.07) is 8.60. The molecule has 1 heterocycles. The molecule has 0 amide bonds. The van der Waals surface area contributed by atoms with Gasteiger partial charge in [0, 0.05) is 17.8 Å². The van der Waals surface area contributed by atoms with Gasteiger partial charge >= 0.3 is 0 Å². The molecule has 2 rings (SSSR count). The normalized spacial score (nSPS) is 13.3. The molecule has 2 heteroatoms. The Morgan fingerprint density at radius 3 is 2.87 bits per heavy atom. The molecule has 15 heavy (non-hydrogen) atoms. The van der Waals surface area contributed by atoms with Gasteiger partial charge in [0.05, 0.1) is 0 Å². The minimum absolute atomic E-state index is 0.236. The monoisotopic (exact) mass is 203 g/mol. The average molecular weight is 203 g/mol. The Morgan fingerprint density at radius 2 is 2.13 bits per heavy atom. The zero-order valence-corrected chi connectivity index (χ0v) is 9.29. The van der Waals surface area contributed by atoms with Crippen LogP contribution in [0.1, 0.15) is 24.7 Å². The van der Waals surface area contributed by atoms with E-state index in [1.807, 2.05) is 13.0 Å². The van der Waals surface area contributed by atoms with Crippen molar-refractivity contribution in [2.45, 2.75) is 32.7 Å². The molecule has 2 aromatic rings. The first kappa shape index (κ1) is 10.2. The van der Waals surface area contributed by atoms with E-state index in [2.05, 4.69) is 25.1 Å². The van der Waals surface area contributed by atoms with Crippen molar-refractivity contribution in [3.8, 4) is 0 Å². The second-order valence-electron chi connectivity index (χ2n) is 4.27. The Bertz CT molecular complexity index is 457. The molecule has 1 atom stereocenters. The van der Waals surface area contributed by atoms with Crippen LogP contribution in [0.3, 0.4) is 0 Å². The lowest BCUT2D eigenvalue weighted by atomic mass is 10.1. The van der Waals surface area contributed by atoms with Crippen molar-refractivity contribution in [3.63, 3.8) is 0 Å². The fourth-order valence-corrected chi connectivity index (χ4v) is 1.71. The lowest BCUT2D eigenvalue weighted by Crippen LogP contribution is -2.15. The largest absolute Gasteiger partial charge is 0.461 e. The van der Waals surface area contributed by atoms with Crippen molar-refractivity contribution < 1.29 is 4.42 Å². The van der Waals surface area contributed by atoms with Crippen LogP contribution in [-0.2, 0) is 6.42 Å². The van der Waals surface area contributed by atoms with Crippen LogP contribution in [0.15, 0.2) is 28.7 Å². The summed E-state index contributed by atoms with van der Waals surface area (Å²) < 4.78 is 5.72. The Hall–Kier alpha value is -1.28. The summed E-state index contributed by atoms with van der Waals surface area (Å²) in [4.78, 5) is 0. The molecule has 0 saturated heterocycles. The average Bonchev–Trinajstić information content (AvgIpc) is 2.56.